The summed E-state index contributed by atoms with van der Waals surface area (Å²) in [6, 6.07) is 13.2. The minimum absolute atomic E-state index is 0.124. The molecule has 0 aliphatic rings. The second-order valence-corrected chi connectivity index (χ2v) is 8.43. The summed E-state index contributed by atoms with van der Waals surface area (Å²) in [5.41, 5.74) is 4.68. The summed E-state index contributed by atoms with van der Waals surface area (Å²) < 4.78 is 1.84. The molecule has 0 atom stereocenters. The van der Waals surface area contributed by atoms with Crippen molar-refractivity contribution in [2.24, 2.45) is 0 Å². The fraction of sp³-hybridized carbons (Fsp3) is 0.250. The van der Waals surface area contributed by atoms with E-state index in [4.69, 9.17) is 0 Å². The van der Waals surface area contributed by atoms with Crippen molar-refractivity contribution in [1.29, 1.82) is 0 Å². The highest BCUT2D eigenvalue weighted by Gasteiger charge is 2.15. The number of amides is 2. The second kappa shape index (κ2) is 10.8. The van der Waals surface area contributed by atoms with Crippen molar-refractivity contribution in [3.05, 3.63) is 83.2 Å². The van der Waals surface area contributed by atoms with Gasteiger partial charge in [-0.3, -0.25) is 9.59 Å². The molecule has 8 heteroatoms. The Morgan fingerprint density at radius 3 is 2.62 bits per heavy atom. The number of anilines is 1. The van der Waals surface area contributed by atoms with Gasteiger partial charge in [-0.15, -0.1) is 16.8 Å². The number of allylic oxidation sites excluding steroid dienone is 1. The predicted molar refractivity (Wildman–Crippen MR) is 128 cm³/mol. The molecule has 0 aliphatic heterocycles. The fourth-order valence-corrected chi connectivity index (χ4v) is 3.83. The van der Waals surface area contributed by atoms with Crippen LogP contribution in [0.4, 0.5) is 5.69 Å². The second-order valence-electron chi connectivity index (χ2n) is 7.49. The highest BCUT2D eigenvalue weighted by atomic mass is 32.2. The molecule has 0 fully saturated rings. The minimum Gasteiger partial charge on any atom is -0.345 e. The molecule has 0 bridgehead atoms. The molecule has 0 spiro atoms. The normalized spacial score (nSPS) is 10.6. The van der Waals surface area contributed by atoms with Crippen LogP contribution in [0.5, 0.6) is 0 Å². The zero-order chi connectivity index (χ0) is 23.1. The van der Waals surface area contributed by atoms with Gasteiger partial charge < -0.3 is 15.2 Å². The SMILES string of the molecule is C=CCn1c(CNC(=O)c2cccc(C)c2)nnc1SCC(=O)Nc1ccc(C)c(C)c1. The fourth-order valence-electron chi connectivity index (χ4n) is 3.06. The van der Waals surface area contributed by atoms with Crippen molar-refractivity contribution in [3.63, 3.8) is 0 Å². The Hall–Kier alpha value is -3.39. The first-order valence-electron chi connectivity index (χ1n) is 10.2. The van der Waals surface area contributed by atoms with Crippen LogP contribution in [0.2, 0.25) is 0 Å². The molecule has 0 unspecified atom stereocenters. The van der Waals surface area contributed by atoms with Crippen LogP contribution in [0, 0.1) is 20.8 Å². The summed E-state index contributed by atoms with van der Waals surface area (Å²) in [7, 11) is 0. The number of carbonyl (C=O) groups is 2. The zero-order valence-corrected chi connectivity index (χ0v) is 19.3. The van der Waals surface area contributed by atoms with Gasteiger partial charge >= 0.3 is 0 Å². The monoisotopic (exact) mass is 449 g/mol. The van der Waals surface area contributed by atoms with E-state index >= 15 is 0 Å². The summed E-state index contributed by atoms with van der Waals surface area (Å²) in [6.45, 7) is 10.5. The van der Waals surface area contributed by atoms with Gasteiger partial charge in [-0.05, 0) is 56.2 Å². The first-order valence-corrected chi connectivity index (χ1v) is 11.2. The lowest BCUT2D eigenvalue weighted by Crippen LogP contribution is -2.25. The van der Waals surface area contributed by atoms with E-state index in [0.717, 1.165) is 16.8 Å². The Labute approximate surface area is 192 Å². The number of nitrogens with one attached hydrogen (secondary N) is 2. The summed E-state index contributed by atoms with van der Waals surface area (Å²) in [6.07, 6.45) is 1.73. The Morgan fingerprint density at radius 1 is 1.09 bits per heavy atom. The van der Waals surface area contributed by atoms with Gasteiger partial charge in [0.2, 0.25) is 5.91 Å². The van der Waals surface area contributed by atoms with Crippen molar-refractivity contribution in [2.45, 2.75) is 39.0 Å². The number of thioether (sulfide) groups is 1. The highest BCUT2D eigenvalue weighted by Crippen LogP contribution is 2.19. The standard InChI is InChI=1S/C24H27N5O2S/c1-5-11-29-21(14-25-23(31)19-8-6-7-16(2)12-19)27-28-24(29)32-15-22(30)26-20-10-9-17(3)18(4)13-20/h5-10,12-13H,1,11,14-15H2,2-4H3,(H,25,31)(H,26,30). The number of aromatic nitrogens is 3. The molecule has 7 nitrogen and oxygen atoms in total. The minimum atomic E-state index is -0.177. The van der Waals surface area contributed by atoms with Gasteiger partial charge in [-0.2, -0.15) is 0 Å². The van der Waals surface area contributed by atoms with E-state index in [1.54, 1.807) is 12.1 Å². The molecule has 0 radical (unpaired) electrons. The van der Waals surface area contributed by atoms with Crippen LogP contribution >= 0.6 is 11.8 Å². The van der Waals surface area contributed by atoms with Crippen LogP contribution in [0.3, 0.4) is 0 Å². The van der Waals surface area contributed by atoms with Crippen molar-refractivity contribution in [3.8, 4) is 0 Å². The lowest BCUT2D eigenvalue weighted by molar-refractivity contribution is -0.113. The first-order chi connectivity index (χ1) is 15.4. The molecule has 1 aromatic heterocycles. The van der Waals surface area contributed by atoms with Gasteiger partial charge in [0.25, 0.3) is 5.91 Å². The molecular formula is C24H27N5O2S. The van der Waals surface area contributed by atoms with Crippen molar-refractivity contribution < 1.29 is 9.59 Å². The van der Waals surface area contributed by atoms with Crippen LogP contribution in [-0.4, -0.2) is 32.3 Å². The third-order valence-electron chi connectivity index (χ3n) is 4.92. The maximum atomic E-state index is 12.4. The average Bonchev–Trinajstić information content (AvgIpc) is 3.15. The summed E-state index contributed by atoms with van der Waals surface area (Å²) >= 11 is 1.29. The number of rotatable bonds is 9. The lowest BCUT2D eigenvalue weighted by atomic mass is 10.1. The third kappa shape index (κ3) is 6.07. The van der Waals surface area contributed by atoms with E-state index in [2.05, 4.69) is 27.4 Å². The Balaban J connectivity index is 1.61. The molecular weight excluding hydrogens is 422 g/mol. The Bertz CT molecular complexity index is 1140. The number of nitrogens with zero attached hydrogens (tertiary/aromatic N) is 3. The first kappa shape index (κ1) is 23.3. The summed E-state index contributed by atoms with van der Waals surface area (Å²) in [5.74, 6) is 0.491. The van der Waals surface area contributed by atoms with Crippen LogP contribution in [0.15, 0.2) is 60.3 Å². The van der Waals surface area contributed by atoms with Gasteiger partial charge in [0, 0.05) is 17.8 Å². The quantitative estimate of drug-likeness (QED) is 0.380. The maximum Gasteiger partial charge on any atom is 0.251 e. The molecule has 2 amide bonds. The molecule has 0 aliphatic carbocycles. The van der Waals surface area contributed by atoms with E-state index in [-0.39, 0.29) is 24.1 Å². The average molecular weight is 450 g/mol. The highest BCUT2D eigenvalue weighted by molar-refractivity contribution is 7.99. The number of hydrogen-bond acceptors (Lipinski definition) is 5. The van der Waals surface area contributed by atoms with E-state index in [1.165, 1.54) is 17.3 Å². The molecule has 1 heterocycles. The van der Waals surface area contributed by atoms with Crippen molar-refractivity contribution in [1.82, 2.24) is 20.1 Å². The lowest BCUT2D eigenvalue weighted by Gasteiger charge is -2.10. The molecule has 2 N–H and O–H groups in total. The van der Waals surface area contributed by atoms with E-state index in [9.17, 15) is 9.59 Å². The molecule has 2 aromatic carbocycles. The zero-order valence-electron chi connectivity index (χ0n) is 18.5. The third-order valence-corrected chi connectivity index (χ3v) is 5.88. The molecule has 32 heavy (non-hydrogen) atoms. The Morgan fingerprint density at radius 2 is 1.91 bits per heavy atom. The number of hydrogen-bond donors (Lipinski definition) is 2. The van der Waals surface area contributed by atoms with E-state index in [0.29, 0.717) is 23.1 Å². The smallest absolute Gasteiger partial charge is 0.251 e. The number of benzene rings is 2. The van der Waals surface area contributed by atoms with E-state index < -0.39 is 0 Å². The number of carbonyl (C=O) groups excluding carboxylic acids is 2. The summed E-state index contributed by atoms with van der Waals surface area (Å²) in [4.78, 5) is 24.8. The molecule has 3 aromatic rings. The maximum absolute atomic E-state index is 12.4. The molecule has 166 valence electrons. The van der Waals surface area contributed by atoms with Crippen LogP contribution in [0.1, 0.15) is 32.9 Å². The van der Waals surface area contributed by atoms with Crippen LogP contribution in [-0.2, 0) is 17.9 Å². The molecule has 3 rings (SSSR count). The van der Waals surface area contributed by atoms with E-state index in [1.807, 2.05) is 61.7 Å². The van der Waals surface area contributed by atoms with Crippen LogP contribution in [0.25, 0.3) is 0 Å². The topological polar surface area (TPSA) is 88.9 Å². The van der Waals surface area contributed by atoms with Crippen molar-refractivity contribution in [2.75, 3.05) is 11.1 Å². The van der Waals surface area contributed by atoms with Gasteiger partial charge in [0.05, 0.1) is 12.3 Å². The van der Waals surface area contributed by atoms with Crippen molar-refractivity contribution >= 4 is 29.3 Å². The predicted octanol–water partition coefficient (Wildman–Crippen LogP) is 4.05. The van der Waals surface area contributed by atoms with Gasteiger partial charge in [0.15, 0.2) is 11.0 Å². The molecule has 0 saturated carbocycles. The van der Waals surface area contributed by atoms with Crippen LogP contribution < -0.4 is 10.6 Å². The molecule has 0 saturated heterocycles. The number of aryl methyl sites for hydroxylation is 3. The van der Waals surface area contributed by atoms with Gasteiger partial charge in [-0.1, -0.05) is 41.6 Å². The Kier molecular flexibility index (Phi) is 7.83. The van der Waals surface area contributed by atoms with Gasteiger partial charge in [-0.25, -0.2) is 0 Å². The summed E-state index contributed by atoms with van der Waals surface area (Å²) in [5, 5.41) is 14.8. The largest absolute Gasteiger partial charge is 0.345 e. The van der Waals surface area contributed by atoms with Gasteiger partial charge in [0.1, 0.15) is 0 Å².